The van der Waals surface area contributed by atoms with Crippen molar-refractivity contribution in [2.75, 3.05) is 6.54 Å². The van der Waals surface area contributed by atoms with Crippen molar-refractivity contribution in [2.24, 2.45) is 5.92 Å². The van der Waals surface area contributed by atoms with Crippen molar-refractivity contribution in [3.63, 3.8) is 0 Å². The van der Waals surface area contributed by atoms with E-state index in [2.05, 4.69) is 19.2 Å². The molecule has 3 heteroatoms. The molecule has 2 atom stereocenters. The molecule has 0 radical (unpaired) electrons. The molecule has 0 fully saturated rings. The van der Waals surface area contributed by atoms with Crippen LogP contribution in [0, 0.1) is 11.7 Å². The maximum Gasteiger partial charge on any atom is 0.145 e. The second-order valence-electron chi connectivity index (χ2n) is 4.54. The van der Waals surface area contributed by atoms with Crippen molar-refractivity contribution in [3.8, 4) is 0 Å². The predicted octanol–water partition coefficient (Wildman–Crippen LogP) is 3.71. The maximum absolute atomic E-state index is 13.8. The molecule has 2 rings (SSSR count). The van der Waals surface area contributed by atoms with E-state index in [1.165, 1.54) is 0 Å². The van der Waals surface area contributed by atoms with E-state index >= 15 is 0 Å². The zero-order valence-electron chi connectivity index (χ0n) is 9.69. The van der Waals surface area contributed by atoms with E-state index in [-0.39, 0.29) is 16.9 Å². The fraction of sp³-hybridized carbons (Fsp3) is 0.538. The lowest BCUT2D eigenvalue weighted by Gasteiger charge is -2.18. The van der Waals surface area contributed by atoms with Crippen LogP contribution in [0.3, 0.4) is 0 Å². The number of benzene rings is 1. The van der Waals surface area contributed by atoms with Gasteiger partial charge in [0.2, 0.25) is 0 Å². The van der Waals surface area contributed by atoms with Gasteiger partial charge in [-0.25, -0.2) is 4.39 Å². The molecule has 16 heavy (non-hydrogen) atoms. The molecule has 1 aliphatic carbocycles. The molecule has 88 valence electrons. The van der Waals surface area contributed by atoms with Crippen molar-refractivity contribution in [3.05, 3.63) is 34.1 Å². The molecule has 1 aromatic carbocycles. The topological polar surface area (TPSA) is 12.0 Å². The number of rotatable bonds is 3. The molecule has 1 aromatic rings. The highest BCUT2D eigenvalue weighted by molar-refractivity contribution is 6.30. The third kappa shape index (κ3) is 1.96. The summed E-state index contributed by atoms with van der Waals surface area (Å²) in [6, 6.07) is 3.90. The van der Waals surface area contributed by atoms with E-state index in [9.17, 15) is 4.39 Å². The molecule has 1 nitrogen and oxygen atoms in total. The minimum absolute atomic E-state index is 0.230. The summed E-state index contributed by atoms with van der Waals surface area (Å²) in [5, 5.41) is 3.71. The van der Waals surface area contributed by atoms with Gasteiger partial charge in [-0.05, 0) is 42.5 Å². The summed E-state index contributed by atoms with van der Waals surface area (Å²) in [5.74, 6) is 0.210. The number of halogens is 2. The first kappa shape index (κ1) is 11.9. The van der Waals surface area contributed by atoms with Gasteiger partial charge in [0.25, 0.3) is 0 Å². The van der Waals surface area contributed by atoms with Crippen LogP contribution in [0.4, 0.5) is 4.39 Å². The van der Waals surface area contributed by atoms with Crippen LogP contribution in [-0.2, 0) is 6.42 Å². The highest BCUT2D eigenvalue weighted by Gasteiger charge is 2.31. The Morgan fingerprint density at radius 3 is 2.94 bits per heavy atom. The first-order valence-corrected chi connectivity index (χ1v) is 6.23. The number of fused-ring (bicyclic) bond motifs is 1. The zero-order valence-corrected chi connectivity index (χ0v) is 10.4. The third-order valence-electron chi connectivity index (χ3n) is 3.28. The second kappa shape index (κ2) is 4.72. The Hall–Kier alpha value is -0.600. The van der Waals surface area contributed by atoms with Gasteiger partial charge >= 0.3 is 0 Å². The van der Waals surface area contributed by atoms with Crippen LogP contribution in [-0.4, -0.2) is 6.54 Å². The van der Waals surface area contributed by atoms with E-state index in [1.54, 1.807) is 6.07 Å². The number of hydrogen-bond donors (Lipinski definition) is 1. The summed E-state index contributed by atoms with van der Waals surface area (Å²) in [6.45, 7) is 5.26. The Labute approximate surface area is 101 Å². The minimum Gasteiger partial charge on any atom is -0.310 e. The van der Waals surface area contributed by atoms with Crippen LogP contribution in [0.15, 0.2) is 12.1 Å². The van der Waals surface area contributed by atoms with Crippen molar-refractivity contribution < 1.29 is 4.39 Å². The Bertz CT molecular complexity index is 392. The highest BCUT2D eigenvalue weighted by atomic mass is 35.5. The van der Waals surface area contributed by atoms with Crippen molar-refractivity contribution in [1.82, 2.24) is 5.32 Å². The first-order chi connectivity index (χ1) is 7.65. The quantitative estimate of drug-likeness (QED) is 0.851. The van der Waals surface area contributed by atoms with Gasteiger partial charge in [-0.1, -0.05) is 31.5 Å². The average molecular weight is 242 g/mol. The lowest BCUT2D eigenvalue weighted by molar-refractivity contribution is 0.416. The van der Waals surface area contributed by atoms with Crippen LogP contribution < -0.4 is 5.32 Å². The Morgan fingerprint density at radius 1 is 1.50 bits per heavy atom. The van der Waals surface area contributed by atoms with Crippen LogP contribution in [0.1, 0.15) is 37.4 Å². The summed E-state index contributed by atoms with van der Waals surface area (Å²) >= 11 is 5.80. The molecule has 0 bridgehead atoms. The van der Waals surface area contributed by atoms with E-state index in [0.29, 0.717) is 5.92 Å². The molecule has 1 N–H and O–H groups in total. The molecule has 0 saturated heterocycles. The second-order valence-corrected chi connectivity index (χ2v) is 4.95. The molecule has 1 aliphatic rings. The van der Waals surface area contributed by atoms with Gasteiger partial charge in [0, 0.05) is 6.04 Å². The Kier molecular flexibility index (Phi) is 3.50. The van der Waals surface area contributed by atoms with Crippen LogP contribution >= 0.6 is 11.6 Å². The summed E-state index contributed by atoms with van der Waals surface area (Å²) in [6.07, 6.45) is 1.87. The SMILES string of the molecule is CCCNC1c2ccc(Cl)c(F)c2CC1C. The fourth-order valence-corrected chi connectivity index (χ4v) is 2.64. The molecule has 0 saturated carbocycles. The van der Waals surface area contributed by atoms with E-state index in [4.69, 9.17) is 11.6 Å². The van der Waals surface area contributed by atoms with E-state index in [0.717, 1.165) is 30.5 Å². The lowest BCUT2D eigenvalue weighted by atomic mass is 10.0. The molecular weight excluding hydrogens is 225 g/mol. The monoisotopic (exact) mass is 241 g/mol. The zero-order chi connectivity index (χ0) is 11.7. The summed E-state index contributed by atoms with van der Waals surface area (Å²) in [7, 11) is 0. The molecule has 2 unspecified atom stereocenters. The van der Waals surface area contributed by atoms with E-state index < -0.39 is 0 Å². The molecule has 0 aliphatic heterocycles. The van der Waals surface area contributed by atoms with Crippen LogP contribution in [0.25, 0.3) is 0 Å². The third-order valence-corrected chi connectivity index (χ3v) is 3.57. The predicted molar refractivity (Wildman–Crippen MR) is 65.3 cm³/mol. The van der Waals surface area contributed by atoms with Gasteiger partial charge in [0.05, 0.1) is 5.02 Å². The van der Waals surface area contributed by atoms with E-state index in [1.807, 2.05) is 6.07 Å². The highest BCUT2D eigenvalue weighted by Crippen LogP contribution is 2.39. The van der Waals surface area contributed by atoms with Crippen molar-refractivity contribution in [1.29, 1.82) is 0 Å². The Morgan fingerprint density at radius 2 is 2.25 bits per heavy atom. The van der Waals surface area contributed by atoms with Crippen molar-refractivity contribution >= 4 is 11.6 Å². The molecular formula is C13H17ClFN. The van der Waals surface area contributed by atoms with Gasteiger partial charge in [-0.15, -0.1) is 0 Å². The standard InChI is InChI=1S/C13H17ClFN/c1-3-6-16-13-8(2)7-10-9(13)4-5-11(14)12(10)15/h4-5,8,13,16H,3,6-7H2,1-2H3. The maximum atomic E-state index is 13.8. The molecule has 0 spiro atoms. The normalized spacial score (nSPS) is 23.5. The lowest BCUT2D eigenvalue weighted by Crippen LogP contribution is -2.24. The van der Waals surface area contributed by atoms with Crippen LogP contribution in [0.2, 0.25) is 5.02 Å². The molecule has 0 aromatic heterocycles. The number of hydrogen-bond acceptors (Lipinski definition) is 1. The fourth-order valence-electron chi connectivity index (χ4n) is 2.46. The van der Waals surface area contributed by atoms with Crippen molar-refractivity contribution in [2.45, 2.75) is 32.7 Å². The van der Waals surface area contributed by atoms with Gasteiger partial charge in [0.1, 0.15) is 5.82 Å². The summed E-state index contributed by atoms with van der Waals surface area (Å²) in [4.78, 5) is 0. The van der Waals surface area contributed by atoms with Gasteiger partial charge in [0.15, 0.2) is 0 Å². The van der Waals surface area contributed by atoms with Gasteiger partial charge in [-0.3, -0.25) is 0 Å². The van der Waals surface area contributed by atoms with Gasteiger partial charge in [-0.2, -0.15) is 0 Å². The minimum atomic E-state index is -0.230. The van der Waals surface area contributed by atoms with Crippen LogP contribution in [0.5, 0.6) is 0 Å². The first-order valence-electron chi connectivity index (χ1n) is 5.85. The Balaban J connectivity index is 2.31. The number of nitrogens with one attached hydrogen (secondary N) is 1. The summed E-state index contributed by atoms with van der Waals surface area (Å²) in [5.41, 5.74) is 1.89. The summed E-state index contributed by atoms with van der Waals surface area (Å²) < 4.78 is 13.8. The van der Waals surface area contributed by atoms with Gasteiger partial charge < -0.3 is 5.32 Å². The molecule has 0 heterocycles. The smallest absolute Gasteiger partial charge is 0.145 e. The largest absolute Gasteiger partial charge is 0.310 e. The average Bonchev–Trinajstić information content (AvgIpc) is 2.58. The molecule has 0 amide bonds.